The molecule has 1 fully saturated rings. The van der Waals surface area contributed by atoms with Crippen molar-refractivity contribution < 1.29 is 37.1 Å². The van der Waals surface area contributed by atoms with Crippen LogP contribution >= 0.6 is 0 Å². The van der Waals surface area contributed by atoms with Gasteiger partial charge in [-0.2, -0.15) is 18.3 Å². The molecule has 8 N–H and O–H groups in total. The van der Waals surface area contributed by atoms with E-state index in [1.54, 1.807) is 18.7 Å². The van der Waals surface area contributed by atoms with Gasteiger partial charge in [0, 0.05) is 67.4 Å². The highest BCUT2D eigenvalue weighted by Gasteiger charge is 2.46. The molecule has 2 aromatic carbocycles. The number of carbonyl (C=O) groups excluding carboxylic acids is 4. The van der Waals surface area contributed by atoms with E-state index >= 15 is 0 Å². The summed E-state index contributed by atoms with van der Waals surface area (Å²) in [5.74, 6) is -4.00. The van der Waals surface area contributed by atoms with Gasteiger partial charge < -0.3 is 46.4 Å². The van der Waals surface area contributed by atoms with E-state index < -0.39 is 46.7 Å². The molecule has 4 aliphatic heterocycles. The topological polar surface area (TPSA) is 246 Å². The Bertz CT molecular complexity index is 2840. The second-order valence-corrected chi connectivity index (χ2v) is 20.1. The minimum atomic E-state index is -5.06. The van der Waals surface area contributed by atoms with Gasteiger partial charge in [-0.25, -0.2) is 19.6 Å². The number of nitrogens with zero attached hydrogens (tertiary/aromatic N) is 8. The van der Waals surface area contributed by atoms with Crippen LogP contribution in [0.5, 0.6) is 0 Å². The fraction of sp³-hybridized carbons (Fsp3) is 0.440. The van der Waals surface area contributed by atoms with E-state index in [1.165, 1.54) is 29.2 Å². The van der Waals surface area contributed by atoms with Crippen molar-refractivity contribution in [2.75, 3.05) is 64.2 Å². The first-order chi connectivity index (χ1) is 34.5. The van der Waals surface area contributed by atoms with E-state index in [9.17, 15) is 32.3 Å². The number of benzene rings is 2. The Morgan fingerprint density at radius 2 is 1.67 bits per heavy atom. The number of anilines is 4. The summed E-state index contributed by atoms with van der Waals surface area (Å²) in [6.45, 7) is 13.9. The molecule has 6 amide bonds. The Balaban J connectivity index is 0.977. The van der Waals surface area contributed by atoms with Crippen LogP contribution in [0.25, 0.3) is 0 Å². The van der Waals surface area contributed by atoms with Crippen molar-refractivity contribution in [3.05, 3.63) is 112 Å². The summed E-state index contributed by atoms with van der Waals surface area (Å²) in [4.78, 5) is 70.7. The molecule has 0 spiro atoms. The second kappa shape index (κ2) is 20.3. The monoisotopic (exact) mass is 1010 g/mol. The fourth-order valence-corrected chi connectivity index (χ4v) is 9.98. The number of nitrogens with two attached hydrogens (primary N) is 1. The number of carbonyl (C=O) groups is 4. The fourth-order valence-electron chi connectivity index (χ4n) is 9.98. The van der Waals surface area contributed by atoms with Crippen molar-refractivity contribution in [2.24, 2.45) is 11.7 Å². The molecule has 4 aromatic rings. The van der Waals surface area contributed by atoms with Crippen molar-refractivity contribution in [3.63, 3.8) is 0 Å². The average Bonchev–Trinajstić information content (AvgIpc) is 3.95. The normalized spacial score (nSPS) is 19.0. The molecule has 0 radical (unpaired) electrons. The van der Waals surface area contributed by atoms with Crippen LogP contribution in [0.4, 0.5) is 45.9 Å². The summed E-state index contributed by atoms with van der Waals surface area (Å²) < 4.78 is 49.2. The van der Waals surface area contributed by atoms with E-state index in [4.69, 9.17) is 15.9 Å². The number of H-pyrrole nitrogens is 1. The summed E-state index contributed by atoms with van der Waals surface area (Å²) in [5, 5.41) is 28.0. The third-order valence-electron chi connectivity index (χ3n) is 14.1. The SMILES string of the molecule is C=CC(=O)N(c1ccc(C(=O)NC(=N)C2=C(N)C(C)(C)N(C(=O)NC3CN(C)Cc4ccccc43)C2)cc1)c1cc(Nc2n[nH]c3c2CN(C(=O)N[C@H](CN(C)C)C2CCOCC2)C3(C)C)nc(C(F)(F)F)n1. The summed E-state index contributed by atoms with van der Waals surface area (Å²) in [5.41, 5.74) is 8.38. The van der Waals surface area contributed by atoms with E-state index in [0.29, 0.717) is 37.6 Å². The number of aromatic amines is 1. The molecule has 8 rings (SSSR count). The van der Waals surface area contributed by atoms with Gasteiger partial charge in [0.2, 0.25) is 5.82 Å². The molecule has 20 nitrogen and oxygen atoms in total. The standard InChI is InChI=1S/C50H62F3N15O5/c1-9-39(69)68(31-16-14-29(15-17-31)44(70)61-42(55)33-24-66(48(2,3)40(33)54)47(72)57-36-27-65(8)23-30-12-10-11-13-32(30)36)38-22-37(59-45(60-38)50(51,52)53)58-43-34-25-67(49(4,5)41(34)62-63-43)46(71)56-35(26-64(6)7)28-18-20-73-21-19-28/h9-17,22,28,35-36H,1,18-21,23-27,54H2,2-8H3,(H,56,71)(H,57,72)(H2,55,61,70)(H2,58,59,60,62,63)/t35-,36?/m1/s1. The number of nitrogens with one attached hydrogen (secondary N) is 6. The van der Waals surface area contributed by atoms with E-state index in [1.807, 2.05) is 64.2 Å². The summed E-state index contributed by atoms with van der Waals surface area (Å²) >= 11 is 0. The van der Waals surface area contributed by atoms with Gasteiger partial charge in [-0.05, 0) is 109 Å². The number of hydrogen-bond acceptors (Lipinski definition) is 13. The number of fused-ring (bicyclic) bond motifs is 2. The third-order valence-corrected chi connectivity index (χ3v) is 14.1. The summed E-state index contributed by atoms with van der Waals surface area (Å²) in [7, 11) is 5.86. The van der Waals surface area contributed by atoms with Gasteiger partial charge in [0.15, 0.2) is 5.82 Å². The van der Waals surface area contributed by atoms with Gasteiger partial charge in [-0.1, -0.05) is 30.8 Å². The number of amidine groups is 1. The first kappa shape index (κ1) is 52.0. The van der Waals surface area contributed by atoms with Gasteiger partial charge in [0.25, 0.3) is 11.8 Å². The number of amides is 6. The lowest BCUT2D eigenvalue weighted by atomic mass is 9.91. The molecule has 6 heterocycles. The number of aromatic nitrogens is 4. The Kier molecular flexibility index (Phi) is 14.4. The molecule has 73 heavy (non-hydrogen) atoms. The third kappa shape index (κ3) is 10.6. The Labute approximate surface area is 421 Å². The number of rotatable bonds is 12. The maximum Gasteiger partial charge on any atom is 0.451 e. The van der Waals surface area contributed by atoms with Crippen LogP contribution in [0.1, 0.15) is 85.1 Å². The van der Waals surface area contributed by atoms with Gasteiger partial charge in [-0.15, -0.1) is 0 Å². The van der Waals surface area contributed by atoms with Gasteiger partial charge in [0.1, 0.15) is 17.5 Å². The van der Waals surface area contributed by atoms with Gasteiger partial charge in [-0.3, -0.25) is 29.9 Å². The highest BCUT2D eigenvalue weighted by Crippen LogP contribution is 2.42. The Morgan fingerprint density at radius 3 is 2.34 bits per heavy atom. The van der Waals surface area contributed by atoms with Crippen molar-refractivity contribution in [3.8, 4) is 0 Å². The summed E-state index contributed by atoms with van der Waals surface area (Å²) in [6, 6.07) is 13.2. The molecule has 388 valence electrons. The minimum Gasteiger partial charge on any atom is -0.400 e. The van der Waals surface area contributed by atoms with Crippen molar-refractivity contribution in [2.45, 2.75) is 83.0 Å². The van der Waals surface area contributed by atoms with Crippen LogP contribution < -0.4 is 31.9 Å². The number of ether oxygens (including phenoxy) is 1. The zero-order valence-corrected chi connectivity index (χ0v) is 41.9. The zero-order chi connectivity index (χ0) is 52.7. The lowest BCUT2D eigenvalue weighted by Gasteiger charge is -2.37. The summed E-state index contributed by atoms with van der Waals surface area (Å²) in [6.07, 6.45) is -2.56. The second-order valence-electron chi connectivity index (χ2n) is 20.1. The number of likely N-dealkylation sites (N-methyl/N-ethyl adjacent to an activating group) is 2. The maximum atomic E-state index is 14.5. The molecule has 4 aliphatic rings. The Morgan fingerprint density at radius 1 is 0.986 bits per heavy atom. The molecular weight excluding hydrogens is 948 g/mol. The predicted molar refractivity (Wildman–Crippen MR) is 267 cm³/mol. The molecule has 2 aromatic heterocycles. The zero-order valence-electron chi connectivity index (χ0n) is 41.9. The molecule has 0 aliphatic carbocycles. The Hall–Kier alpha value is -7.37. The maximum absolute atomic E-state index is 14.5. The first-order valence-electron chi connectivity index (χ1n) is 23.9. The van der Waals surface area contributed by atoms with Crippen molar-refractivity contribution in [1.29, 1.82) is 5.41 Å². The van der Waals surface area contributed by atoms with E-state index in [0.717, 1.165) is 47.6 Å². The van der Waals surface area contributed by atoms with Gasteiger partial charge in [0.05, 0.1) is 41.6 Å². The quantitative estimate of drug-likeness (QED) is 0.0503. The molecule has 1 saturated heterocycles. The molecule has 1 unspecified atom stereocenters. The van der Waals surface area contributed by atoms with Crippen LogP contribution in [-0.2, 0) is 34.3 Å². The number of urea groups is 2. The molecule has 2 atom stereocenters. The minimum absolute atomic E-state index is 0.0182. The number of hydrogen-bond donors (Lipinski definition) is 7. The smallest absolute Gasteiger partial charge is 0.400 e. The highest BCUT2D eigenvalue weighted by molar-refractivity contribution is 6.13. The van der Waals surface area contributed by atoms with Crippen LogP contribution in [0.15, 0.2) is 78.5 Å². The first-order valence-corrected chi connectivity index (χ1v) is 23.9. The van der Waals surface area contributed by atoms with Crippen LogP contribution in [-0.4, -0.2) is 135 Å². The molecule has 23 heteroatoms. The lowest BCUT2D eigenvalue weighted by Crippen LogP contribution is -2.54. The number of halogens is 3. The average molecular weight is 1010 g/mol. The van der Waals surface area contributed by atoms with Gasteiger partial charge >= 0.3 is 18.2 Å². The van der Waals surface area contributed by atoms with Crippen LogP contribution in [0, 0.1) is 11.3 Å². The number of alkyl halides is 3. The van der Waals surface area contributed by atoms with Crippen LogP contribution in [0.2, 0.25) is 0 Å². The lowest BCUT2D eigenvalue weighted by molar-refractivity contribution is -0.144. The predicted octanol–water partition coefficient (Wildman–Crippen LogP) is 5.84. The van der Waals surface area contributed by atoms with E-state index in [-0.39, 0.29) is 77.1 Å². The molecule has 0 bridgehead atoms. The largest absolute Gasteiger partial charge is 0.451 e. The molecule has 0 saturated carbocycles. The highest BCUT2D eigenvalue weighted by atomic mass is 19.4. The van der Waals surface area contributed by atoms with Crippen LogP contribution in [0.3, 0.4) is 0 Å². The molecular formula is C50H62F3N15O5. The van der Waals surface area contributed by atoms with Crippen molar-refractivity contribution >= 4 is 52.9 Å². The van der Waals surface area contributed by atoms with E-state index in [2.05, 4.69) is 52.9 Å². The van der Waals surface area contributed by atoms with Crippen molar-refractivity contribution in [1.82, 2.24) is 55.7 Å².